The lowest BCUT2D eigenvalue weighted by Gasteiger charge is -2.40. The van der Waals surface area contributed by atoms with Crippen molar-refractivity contribution in [2.75, 3.05) is 0 Å². The van der Waals surface area contributed by atoms with E-state index in [2.05, 4.69) is 30.1 Å². The fourth-order valence-corrected chi connectivity index (χ4v) is 5.37. The predicted molar refractivity (Wildman–Crippen MR) is 123 cm³/mol. The van der Waals surface area contributed by atoms with Crippen LogP contribution in [-0.4, -0.2) is 26.7 Å². The van der Waals surface area contributed by atoms with Gasteiger partial charge in [0.05, 0.1) is 16.6 Å². The van der Waals surface area contributed by atoms with Crippen LogP contribution in [0.3, 0.4) is 0 Å². The van der Waals surface area contributed by atoms with E-state index in [1.165, 1.54) is 12.1 Å². The molecule has 1 N–H and O–H groups in total. The largest absolute Gasteiger partial charge is 0.478 e. The van der Waals surface area contributed by atoms with Crippen LogP contribution < -0.4 is 4.74 Å². The molecule has 0 bridgehead atoms. The van der Waals surface area contributed by atoms with Gasteiger partial charge in [-0.25, -0.2) is 9.78 Å². The Labute approximate surface area is 192 Å². The normalized spacial score (nSPS) is 20.7. The van der Waals surface area contributed by atoms with E-state index in [9.17, 15) is 18.7 Å². The SMILES string of the molecule is C[C@@H]1C[C@H](n2c(Cc3ccc(OC(C)(F)F)cc3)nc3cc(C(=O)O)ccc32)CC(C)(C)C1. The van der Waals surface area contributed by atoms with Gasteiger partial charge in [0.1, 0.15) is 11.6 Å². The predicted octanol–water partition coefficient (Wildman–Crippen LogP) is 6.70. The number of rotatable bonds is 6. The molecular weight excluding hydrogens is 426 g/mol. The van der Waals surface area contributed by atoms with Crippen molar-refractivity contribution in [1.29, 1.82) is 0 Å². The van der Waals surface area contributed by atoms with Gasteiger partial charge in [0.25, 0.3) is 0 Å². The van der Waals surface area contributed by atoms with Crippen molar-refractivity contribution in [3.05, 3.63) is 59.4 Å². The summed E-state index contributed by atoms with van der Waals surface area (Å²) in [6.07, 6.45) is 0.473. The highest BCUT2D eigenvalue weighted by Crippen LogP contribution is 2.45. The summed E-state index contributed by atoms with van der Waals surface area (Å²) in [5.74, 6) is 0.531. The van der Waals surface area contributed by atoms with Crippen molar-refractivity contribution in [3.63, 3.8) is 0 Å². The number of benzene rings is 2. The Bertz CT molecular complexity index is 1160. The van der Waals surface area contributed by atoms with E-state index < -0.39 is 12.1 Å². The first kappa shape index (κ1) is 23.2. The van der Waals surface area contributed by atoms with Gasteiger partial charge in [0.2, 0.25) is 0 Å². The standard InChI is InChI=1S/C26H30F2N2O3/c1-16-11-19(15-25(2,3)14-16)30-22-10-7-18(24(31)32)13-21(22)29-23(30)12-17-5-8-20(9-6-17)33-26(4,27)28/h5-10,13,16,19H,11-12,14-15H2,1-4H3,(H,31,32)/t16-,19+/m1/s1. The first-order chi connectivity index (χ1) is 15.4. The number of carboxylic acids is 1. The Morgan fingerprint density at radius 1 is 1.21 bits per heavy atom. The third-order valence-corrected chi connectivity index (χ3v) is 6.32. The van der Waals surface area contributed by atoms with E-state index in [1.54, 1.807) is 24.3 Å². The minimum Gasteiger partial charge on any atom is -0.478 e. The highest BCUT2D eigenvalue weighted by molar-refractivity contribution is 5.92. The van der Waals surface area contributed by atoms with E-state index in [-0.39, 0.29) is 22.8 Å². The number of halogens is 2. The number of hydrogen-bond donors (Lipinski definition) is 1. The minimum absolute atomic E-state index is 0.105. The molecule has 0 amide bonds. The van der Waals surface area contributed by atoms with Crippen LogP contribution in [0, 0.1) is 11.3 Å². The van der Waals surface area contributed by atoms with Crippen LogP contribution in [0.25, 0.3) is 11.0 Å². The molecule has 0 spiro atoms. The van der Waals surface area contributed by atoms with Crippen molar-refractivity contribution in [1.82, 2.24) is 9.55 Å². The van der Waals surface area contributed by atoms with Gasteiger partial charge >= 0.3 is 12.1 Å². The summed E-state index contributed by atoms with van der Waals surface area (Å²) in [6.45, 7) is 7.57. The quantitative estimate of drug-likeness (QED) is 0.448. The fourth-order valence-electron chi connectivity index (χ4n) is 5.37. The molecule has 0 unspecified atom stereocenters. The molecule has 2 atom stereocenters. The number of fused-ring (bicyclic) bond motifs is 1. The van der Waals surface area contributed by atoms with Crippen molar-refractivity contribution in [2.24, 2.45) is 11.3 Å². The molecule has 5 nitrogen and oxygen atoms in total. The molecule has 176 valence electrons. The van der Waals surface area contributed by atoms with Crippen molar-refractivity contribution >= 4 is 17.0 Å². The molecule has 1 aromatic heterocycles. The summed E-state index contributed by atoms with van der Waals surface area (Å²) in [4.78, 5) is 16.3. The molecule has 2 aromatic carbocycles. The van der Waals surface area contributed by atoms with Gasteiger partial charge in [-0.1, -0.05) is 32.9 Å². The Kier molecular flexibility index (Phi) is 5.93. The van der Waals surface area contributed by atoms with Crippen molar-refractivity contribution in [2.45, 2.75) is 65.5 Å². The second-order valence-corrected chi connectivity index (χ2v) is 10.2. The molecule has 1 aliphatic carbocycles. The van der Waals surface area contributed by atoms with Gasteiger partial charge in [-0.3, -0.25) is 0 Å². The van der Waals surface area contributed by atoms with Crippen LogP contribution in [0.4, 0.5) is 8.78 Å². The van der Waals surface area contributed by atoms with Gasteiger partial charge in [-0.15, -0.1) is 0 Å². The fraction of sp³-hybridized carbons (Fsp3) is 0.462. The summed E-state index contributed by atoms with van der Waals surface area (Å²) >= 11 is 0. The van der Waals surface area contributed by atoms with Crippen LogP contribution in [0.5, 0.6) is 5.75 Å². The number of aromatic carboxylic acids is 1. The molecule has 0 saturated heterocycles. The van der Waals surface area contributed by atoms with Gasteiger partial charge in [-0.2, -0.15) is 8.78 Å². The lowest BCUT2D eigenvalue weighted by Crippen LogP contribution is -2.30. The number of imidazole rings is 1. The van der Waals surface area contributed by atoms with Crippen LogP contribution in [0.15, 0.2) is 42.5 Å². The zero-order chi connectivity index (χ0) is 24.0. The summed E-state index contributed by atoms with van der Waals surface area (Å²) in [6, 6.07) is 11.9. The number of hydrogen-bond acceptors (Lipinski definition) is 3. The average molecular weight is 457 g/mol. The summed E-state index contributed by atoms with van der Waals surface area (Å²) < 4.78 is 33.2. The molecule has 4 rings (SSSR count). The van der Waals surface area contributed by atoms with Crippen LogP contribution >= 0.6 is 0 Å². The number of alkyl halides is 2. The Balaban J connectivity index is 1.73. The van der Waals surface area contributed by atoms with Crippen LogP contribution in [-0.2, 0) is 6.42 Å². The Morgan fingerprint density at radius 3 is 2.52 bits per heavy atom. The first-order valence-electron chi connectivity index (χ1n) is 11.3. The number of ether oxygens (including phenoxy) is 1. The van der Waals surface area contributed by atoms with E-state index in [4.69, 9.17) is 4.98 Å². The number of nitrogens with zero attached hydrogens (tertiary/aromatic N) is 2. The second-order valence-electron chi connectivity index (χ2n) is 10.2. The van der Waals surface area contributed by atoms with Crippen LogP contribution in [0.2, 0.25) is 0 Å². The molecule has 0 aliphatic heterocycles. The lowest BCUT2D eigenvalue weighted by molar-refractivity contribution is -0.158. The third-order valence-electron chi connectivity index (χ3n) is 6.32. The molecule has 0 radical (unpaired) electrons. The molecule has 33 heavy (non-hydrogen) atoms. The van der Waals surface area contributed by atoms with E-state index in [0.29, 0.717) is 24.8 Å². The second kappa shape index (κ2) is 8.43. The molecule has 3 aromatic rings. The topological polar surface area (TPSA) is 64.4 Å². The molecule has 7 heteroatoms. The Hall–Kier alpha value is -2.96. The summed E-state index contributed by atoms with van der Waals surface area (Å²) in [7, 11) is 0. The number of carbonyl (C=O) groups is 1. The Morgan fingerprint density at radius 2 is 1.91 bits per heavy atom. The van der Waals surface area contributed by atoms with Gasteiger partial charge in [-0.05, 0) is 66.5 Å². The minimum atomic E-state index is -3.23. The molecule has 1 aliphatic rings. The molecule has 1 saturated carbocycles. The molecule has 1 fully saturated rings. The maximum absolute atomic E-state index is 13.1. The maximum atomic E-state index is 13.1. The first-order valence-corrected chi connectivity index (χ1v) is 11.3. The van der Waals surface area contributed by atoms with Gasteiger partial charge in [0, 0.05) is 19.4 Å². The van der Waals surface area contributed by atoms with E-state index in [0.717, 1.165) is 36.2 Å². The summed E-state index contributed by atoms with van der Waals surface area (Å²) in [5.41, 5.74) is 2.90. The van der Waals surface area contributed by atoms with E-state index >= 15 is 0 Å². The van der Waals surface area contributed by atoms with Gasteiger partial charge < -0.3 is 14.4 Å². The van der Waals surface area contributed by atoms with Crippen molar-refractivity contribution < 1.29 is 23.4 Å². The zero-order valence-electron chi connectivity index (χ0n) is 19.4. The van der Waals surface area contributed by atoms with Crippen molar-refractivity contribution in [3.8, 4) is 5.75 Å². The van der Waals surface area contributed by atoms with Gasteiger partial charge in [0.15, 0.2) is 0 Å². The lowest BCUT2D eigenvalue weighted by atomic mass is 9.70. The van der Waals surface area contributed by atoms with E-state index in [1.807, 2.05) is 6.07 Å². The smallest absolute Gasteiger partial charge is 0.394 e. The van der Waals surface area contributed by atoms with Crippen LogP contribution in [0.1, 0.15) is 74.7 Å². The highest BCUT2D eigenvalue weighted by Gasteiger charge is 2.34. The number of carboxylic acid groups (broad SMARTS) is 1. The highest BCUT2D eigenvalue weighted by atomic mass is 19.3. The number of aromatic nitrogens is 2. The monoisotopic (exact) mass is 456 g/mol. The molecular formula is C26H30F2N2O3. The summed E-state index contributed by atoms with van der Waals surface area (Å²) in [5, 5.41) is 9.41. The average Bonchev–Trinajstić information content (AvgIpc) is 3.03. The molecule has 1 heterocycles. The maximum Gasteiger partial charge on any atom is 0.394 e. The zero-order valence-corrected chi connectivity index (χ0v) is 19.4. The third kappa shape index (κ3) is 5.34.